The lowest BCUT2D eigenvalue weighted by Gasteiger charge is -2.11. The van der Waals surface area contributed by atoms with Gasteiger partial charge >= 0.3 is 12.0 Å². The van der Waals surface area contributed by atoms with Crippen molar-refractivity contribution in [2.45, 2.75) is 4.90 Å². The summed E-state index contributed by atoms with van der Waals surface area (Å²) in [6.07, 6.45) is 0. The maximum absolute atomic E-state index is 12.4. The minimum absolute atomic E-state index is 0.0222. The number of methoxy groups -OCH3 is 2. The van der Waals surface area contributed by atoms with Crippen LogP contribution in [-0.4, -0.2) is 44.6 Å². The van der Waals surface area contributed by atoms with E-state index < -0.39 is 26.9 Å². The fourth-order valence-electron chi connectivity index (χ4n) is 1.84. The number of nitrogens with zero attached hydrogens (tertiary/aromatic N) is 2. The second-order valence-corrected chi connectivity index (χ2v) is 6.64. The van der Waals surface area contributed by atoms with Gasteiger partial charge in [-0.25, -0.2) is 27.7 Å². The number of rotatable bonds is 5. The number of ether oxygens (including phenoxy) is 2. The van der Waals surface area contributed by atoms with E-state index >= 15 is 0 Å². The number of aromatic nitrogens is 2. The number of halogens is 1. The topological polar surface area (TPSA) is 137 Å². The third kappa shape index (κ3) is 4.58. The molecule has 10 nitrogen and oxygen atoms in total. The number of benzene rings is 1. The second kappa shape index (κ2) is 7.97. The summed E-state index contributed by atoms with van der Waals surface area (Å²) in [5.41, 5.74) is -0.226. The Hall–Kier alpha value is -2.92. The molecular formula is C14H13ClN4O6S. The van der Waals surface area contributed by atoms with Crippen molar-refractivity contribution in [3.8, 4) is 5.88 Å². The zero-order chi connectivity index (χ0) is 19.3. The third-order valence-corrected chi connectivity index (χ3v) is 4.50. The Morgan fingerprint density at radius 3 is 2.50 bits per heavy atom. The van der Waals surface area contributed by atoms with E-state index in [2.05, 4.69) is 20.0 Å². The molecular weight excluding hydrogens is 388 g/mol. The monoisotopic (exact) mass is 400 g/mol. The smallest absolute Gasteiger partial charge is 0.339 e. The van der Waals surface area contributed by atoms with Crippen LogP contribution in [0.25, 0.3) is 0 Å². The SMILES string of the molecule is COC(=O)c1ccccc1S(=O)(=O)NC(=O)Nc1nc(Cl)cc(OC)n1. The third-order valence-electron chi connectivity index (χ3n) is 2.91. The first-order valence-electron chi connectivity index (χ1n) is 6.86. The zero-order valence-electron chi connectivity index (χ0n) is 13.5. The Morgan fingerprint density at radius 2 is 1.85 bits per heavy atom. The lowest BCUT2D eigenvalue weighted by molar-refractivity contribution is 0.0596. The van der Waals surface area contributed by atoms with Gasteiger partial charge in [-0.1, -0.05) is 23.7 Å². The molecule has 12 heteroatoms. The summed E-state index contributed by atoms with van der Waals surface area (Å²) < 4.78 is 35.9. The molecule has 0 bridgehead atoms. The van der Waals surface area contributed by atoms with Crippen molar-refractivity contribution in [1.29, 1.82) is 0 Å². The van der Waals surface area contributed by atoms with Crippen LogP contribution >= 0.6 is 11.6 Å². The van der Waals surface area contributed by atoms with E-state index in [0.29, 0.717) is 0 Å². The zero-order valence-corrected chi connectivity index (χ0v) is 15.1. The molecule has 0 aliphatic heterocycles. The summed E-state index contributed by atoms with van der Waals surface area (Å²) in [4.78, 5) is 30.8. The molecule has 1 heterocycles. The van der Waals surface area contributed by atoms with Crippen molar-refractivity contribution in [3.63, 3.8) is 0 Å². The Bertz CT molecular complexity index is 950. The Labute approximate surface area is 153 Å². The maximum Gasteiger partial charge on any atom is 0.339 e. The number of hydrogen-bond donors (Lipinski definition) is 2. The number of amides is 2. The van der Waals surface area contributed by atoms with Gasteiger partial charge in [0, 0.05) is 6.07 Å². The molecule has 2 rings (SSSR count). The molecule has 0 spiro atoms. The van der Waals surface area contributed by atoms with Gasteiger partial charge < -0.3 is 9.47 Å². The van der Waals surface area contributed by atoms with Gasteiger partial charge in [0.25, 0.3) is 10.0 Å². The number of anilines is 1. The fraction of sp³-hybridized carbons (Fsp3) is 0.143. The van der Waals surface area contributed by atoms with E-state index in [0.717, 1.165) is 13.2 Å². The molecule has 2 amide bonds. The summed E-state index contributed by atoms with van der Waals surface area (Å²) >= 11 is 5.74. The molecule has 1 aromatic carbocycles. The first-order chi connectivity index (χ1) is 12.3. The molecule has 1 aromatic heterocycles. The van der Waals surface area contributed by atoms with Crippen molar-refractivity contribution in [2.75, 3.05) is 19.5 Å². The first-order valence-corrected chi connectivity index (χ1v) is 8.72. The highest BCUT2D eigenvalue weighted by Gasteiger charge is 2.25. The molecule has 2 N–H and O–H groups in total. The lowest BCUT2D eigenvalue weighted by atomic mass is 10.2. The van der Waals surface area contributed by atoms with Crippen LogP contribution in [0.1, 0.15) is 10.4 Å². The summed E-state index contributed by atoms with van der Waals surface area (Å²) in [6.45, 7) is 0. The second-order valence-electron chi connectivity index (χ2n) is 4.60. The average Bonchev–Trinajstić information content (AvgIpc) is 2.59. The lowest BCUT2D eigenvalue weighted by Crippen LogP contribution is -2.35. The van der Waals surface area contributed by atoms with Crippen molar-refractivity contribution >= 4 is 39.6 Å². The molecule has 0 fully saturated rings. The summed E-state index contributed by atoms with van der Waals surface area (Å²) in [6, 6.07) is 5.40. The molecule has 0 aliphatic rings. The molecule has 0 unspecified atom stereocenters. The number of urea groups is 1. The van der Waals surface area contributed by atoms with Gasteiger partial charge in [-0.3, -0.25) is 5.32 Å². The first kappa shape index (κ1) is 19.4. The number of hydrogen-bond acceptors (Lipinski definition) is 8. The van der Waals surface area contributed by atoms with Gasteiger partial charge in [-0.2, -0.15) is 4.98 Å². The van der Waals surface area contributed by atoms with Crippen LogP contribution in [0.5, 0.6) is 5.88 Å². The summed E-state index contributed by atoms with van der Waals surface area (Å²) in [5, 5.41) is 2.09. The fourth-order valence-corrected chi connectivity index (χ4v) is 3.12. The highest BCUT2D eigenvalue weighted by atomic mass is 35.5. The van der Waals surface area contributed by atoms with Crippen molar-refractivity contribution in [2.24, 2.45) is 0 Å². The normalized spacial score (nSPS) is 10.7. The van der Waals surface area contributed by atoms with Crippen LogP contribution in [0.2, 0.25) is 5.15 Å². The van der Waals surface area contributed by atoms with Crippen LogP contribution < -0.4 is 14.8 Å². The van der Waals surface area contributed by atoms with Gasteiger partial charge in [0.2, 0.25) is 11.8 Å². The largest absolute Gasteiger partial charge is 0.481 e. The molecule has 2 aromatic rings. The number of sulfonamides is 1. The minimum atomic E-state index is -4.37. The van der Waals surface area contributed by atoms with Gasteiger partial charge in [-0.05, 0) is 12.1 Å². The van der Waals surface area contributed by atoms with E-state index in [1.807, 2.05) is 0 Å². The van der Waals surface area contributed by atoms with E-state index in [1.54, 1.807) is 4.72 Å². The van der Waals surface area contributed by atoms with Crippen LogP contribution in [-0.2, 0) is 14.8 Å². The Balaban J connectivity index is 2.24. The molecule has 0 radical (unpaired) electrons. The number of carbonyl (C=O) groups excluding carboxylic acids is 2. The number of carbonyl (C=O) groups is 2. The Kier molecular flexibility index (Phi) is 5.95. The molecule has 0 atom stereocenters. The van der Waals surface area contributed by atoms with Crippen molar-refractivity contribution in [1.82, 2.24) is 14.7 Å². The maximum atomic E-state index is 12.4. The minimum Gasteiger partial charge on any atom is -0.481 e. The van der Waals surface area contributed by atoms with E-state index in [9.17, 15) is 18.0 Å². The van der Waals surface area contributed by atoms with Crippen molar-refractivity contribution < 1.29 is 27.5 Å². The highest BCUT2D eigenvalue weighted by Crippen LogP contribution is 2.18. The number of nitrogens with one attached hydrogen (secondary N) is 2. The Morgan fingerprint density at radius 1 is 1.15 bits per heavy atom. The molecule has 26 heavy (non-hydrogen) atoms. The van der Waals surface area contributed by atoms with Gasteiger partial charge in [-0.15, -0.1) is 0 Å². The van der Waals surface area contributed by atoms with Gasteiger partial charge in [0.1, 0.15) is 10.0 Å². The standard InChI is InChI=1S/C14H13ClN4O6S/c1-24-11-7-10(15)16-13(17-11)18-14(21)19-26(22,23)9-6-4-3-5-8(9)12(20)25-2/h3-7H,1-2H3,(H2,16,17,18,19,21). The van der Waals surface area contributed by atoms with Crippen LogP contribution in [0, 0.1) is 0 Å². The molecule has 0 aliphatic carbocycles. The van der Waals surface area contributed by atoms with Crippen LogP contribution in [0.3, 0.4) is 0 Å². The van der Waals surface area contributed by atoms with Crippen LogP contribution in [0.15, 0.2) is 35.2 Å². The van der Waals surface area contributed by atoms with E-state index in [1.165, 1.54) is 31.4 Å². The predicted octanol–water partition coefficient (Wildman–Crippen LogP) is 1.44. The molecule has 0 saturated heterocycles. The van der Waals surface area contributed by atoms with E-state index in [-0.39, 0.29) is 22.5 Å². The molecule has 0 saturated carbocycles. The highest BCUT2D eigenvalue weighted by molar-refractivity contribution is 7.90. The molecule has 138 valence electrons. The predicted molar refractivity (Wildman–Crippen MR) is 90.7 cm³/mol. The quantitative estimate of drug-likeness (QED) is 0.568. The van der Waals surface area contributed by atoms with Gasteiger partial charge in [0.15, 0.2) is 0 Å². The van der Waals surface area contributed by atoms with Crippen LogP contribution in [0.4, 0.5) is 10.7 Å². The van der Waals surface area contributed by atoms with Gasteiger partial charge in [0.05, 0.1) is 19.8 Å². The number of esters is 1. The summed E-state index contributed by atoms with van der Waals surface area (Å²) in [5.74, 6) is -1.07. The van der Waals surface area contributed by atoms with E-state index in [4.69, 9.17) is 16.3 Å². The average molecular weight is 401 g/mol. The van der Waals surface area contributed by atoms with Crippen molar-refractivity contribution in [3.05, 3.63) is 41.0 Å². The summed E-state index contributed by atoms with van der Waals surface area (Å²) in [7, 11) is -1.94.